The zero-order valence-corrected chi connectivity index (χ0v) is 24.4. The fraction of sp³-hybridized carbons (Fsp3) is 0.571. The van der Waals surface area contributed by atoms with E-state index in [9.17, 15) is 22.5 Å². The molecule has 0 saturated carbocycles. The van der Waals surface area contributed by atoms with E-state index >= 15 is 0 Å². The van der Waals surface area contributed by atoms with E-state index in [1.165, 1.54) is 6.20 Å². The first-order valence-corrected chi connectivity index (χ1v) is 14.4. The maximum absolute atomic E-state index is 13.2. The zero-order valence-electron chi connectivity index (χ0n) is 23.5. The van der Waals surface area contributed by atoms with Gasteiger partial charge in [-0.05, 0) is 79.4 Å². The van der Waals surface area contributed by atoms with Crippen LogP contribution in [0, 0.1) is 5.92 Å². The second-order valence-corrected chi connectivity index (χ2v) is 13.4. The van der Waals surface area contributed by atoms with Crippen LogP contribution < -0.4 is 5.32 Å². The van der Waals surface area contributed by atoms with Crippen LogP contribution in [0.5, 0.6) is 0 Å². The van der Waals surface area contributed by atoms with Crippen molar-refractivity contribution in [3.8, 4) is 0 Å². The fourth-order valence-electron chi connectivity index (χ4n) is 4.21. The normalized spacial score (nSPS) is 18.1. The highest BCUT2D eigenvalue weighted by molar-refractivity contribution is 7.48. The minimum atomic E-state index is -4.19. The molecule has 11 heteroatoms. The molecule has 0 saturated heterocycles. The molecule has 216 valence electrons. The number of hydrogen-bond acceptors (Lipinski definition) is 6. The van der Waals surface area contributed by atoms with Gasteiger partial charge in [-0.25, -0.2) is 4.57 Å². The van der Waals surface area contributed by atoms with Crippen molar-refractivity contribution in [2.75, 3.05) is 6.61 Å². The first-order chi connectivity index (χ1) is 17.9. The molecule has 1 amide bonds. The summed E-state index contributed by atoms with van der Waals surface area (Å²) in [6.07, 6.45) is -0.810. The van der Waals surface area contributed by atoms with Crippen molar-refractivity contribution in [3.63, 3.8) is 0 Å². The lowest BCUT2D eigenvalue weighted by Crippen LogP contribution is -2.36. The Hall–Kier alpha value is -2.26. The van der Waals surface area contributed by atoms with Gasteiger partial charge >= 0.3 is 14.0 Å². The van der Waals surface area contributed by atoms with Crippen molar-refractivity contribution in [1.82, 2.24) is 10.3 Å². The van der Waals surface area contributed by atoms with Crippen molar-refractivity contribution in [3.05, 3.63) is 47.7 Å². The number of halogens is 3. The molecule has 0 fully saturated rings. The van der Waals surface area contributed by atoms with E-state index < -0.39 is 43.1 Å². The van der Waals surface area contributed by atoms with Crippen molar-refractivity contribution < 1.29 is 36.1 Å². The van der Waals surface area contributed by atoms with Crippen molar-refractivity contribution in [2.24, 2.45) is 5.92 Å². The summed E-state index contributed by atoms with van der Waals surface area (Å²) in [6, 6.07) is 6.60. The molecule has 1 aromatic heterocycles. The van der Waals surface area contributed by atoms with Gasteiger partial charge in [0.2, 0.25) is 0 Å². The van der Waals surface area contributed by atoms with Gasteiger partial charge in [0, 0.05) is 17.1 Å². The van der Waals surface area contributed by atoms with Gasteiger partial charge in [-0.3, -0.25) is 23.3 Å². The summed E-state index contributed by atoms with van der Waals surface area (Å²) in [7, 11) is -3.93. The maximum Gasteiger partial charge on any atom is 0.475 e. The number of carbonyl (C=O) groups is 1. The number of phosphoric ester groups is 1. The molecule has 3 rings (SSSR count). The number of pyridine rings is 1. The lowest BCUT2D eigenvalue weighted by molar-refractivity contribution is -0.175. The number of benzene rings is 1. The Morgan fingerprint density at radius 3 is 2.31 bits per heavy atom. The molecule has 1 aliphatic rings. The van der Waals surface area contributed by atoms with E-state index in [0.717, 1.165) is 11.1 Å². The van der Waals surface area contributed by atoms with Crippen LogP contribution >= 0.6 is 7.82 Å². The van der Waals surface area contributed by atoms with Crippen LogP contribution in [0.3, 0.4) is 0 Å². The van der Waals surface area contributed by atoms with E-state index in [0.29, 0.717) is 22.9 Å². The predicted octanol–water partition coefficient (Wildman–Crippen LogP) is 7.85. The van der Waals surface area contributed by atoms with Gasteiger partial charge in [0.15, 0.2) is 0 Å². The number of rotatable bonds is 8. The third-order valence-electron chi connectivity index (χ3n) is 5.82. The lowest BCUT2D eigenvalue weighted by Gasteiger charge is -2.31. The van der Waals surface area contributed by atoms with Crippen LogP contribution in [-0.4, -0.2) is 40.9 Å². The molecule has 39 heavy (non-hydrogen) atoms. The molecule has 1 heterocycles. The predicted molar refractivity (Wildman–Crippen MR) is 145 cm³/mol. The number of nitrogens with zero attached hydrogens (tertiary/aromatic N) is 1. The smallest absolute Gasteiger partial charge is 0.347 e. The Bertz CT molecular complexity index is 1240. The molecular formula is C28H38F3N2O5P. The fourth-order valence-corrected chi connectivity index (χ4v) is 6.10. The number of aromatic nitrogens is 1. The zero-order chi connectivity index (χ0) is 29.2. The number of para-hydroxylation sites is 1. The van der Waals surface area contributed by atoms with Gasteiger partial charge in [0.1, 0.15) is 0 Å². The highest BCUT2D eigenvalue weighted by Crippen LogP contribution is 2.55. The molecule has 1 aliphatic carbocycles. The molecule has 1 unspecified atom stereocenters. The molecular weight excluding hydrogens is 532 g/mol. The molecule has 1 aromatic carbocycles. The van der Waals surface area contributed by atoms with Crippen molar-refractivity contribution in [2.45, 2.75) is 91.1 Å². The second-order valence-electron chi connectivity index (χ2n) is 11.9. The maximum atomic E-state index is 13.2. The molecule has 0 radical (unpaired) electrons. The first-order valence-electron chi connectivity index (χ1n) is 13.0. The number of phosphoric acid groups is 1. The summed E-state index contributed by atoms with van der Waals surface area (Å²) in [5.41, 5.74) is 0.974. The van der Waals surface area contributed by atoms with Gasteiger partial charge in [-0.2, -0.15) is 13.2 Å². The van der Waals surface area contributed by atoms with E-state index in [1.54, 1.807) is 72.7 Å². The van der Waals surface area contributed by atoms with Gasteiger partial charge in [0.25, 0.3) is 5.91 Å². The molecule has 0 spiro atoms. The summed E-state index contributed by atoms with van der Waals surface area (Å²) in [4.78, 5) is 17.4. The number of hydrogen-bond donors (Lipinski definition) is 1. The van der Waals surface area contributed by atoms with Gasteiger partial charge < -0.3 is 5.32 Å². The van der Waals surface area contributed by atoms with Gasteiger partial charge in [-0.1, -0.05) is 24.3 Å². The Morgan fingerprint density at radius 1 is 1.13 bits per heavy atom. The number of allylic oxidation sites excluding steroid dienone is 2. The van der Waals surface area contributed by atoms with Crippen LogP contribution in [0.2, 0.25) is 0 Å². The van der Waals surface area contributed by atoms with Crippen molar-refractivity contribution in [1.29, 1.82) is 0 Å². The Balaban J connectivity index is 1.70. The summed E-state index contributed by atoms with van der Waals surface area (Å²) in [5.74, 6) is -1.72. The number of fused-ring (bicyclic) bond motifs is 1. The largest absolute Gasteiger partial charge is 0.475 e. The summed E-state index contributed by atoms with van der Waals surface area (Å²) in [5, 5.41) is 3.50. The summed E-state index contributed by atoms with van der Waals surface area (Å²) in [6.45, 7) is 12.0. The Kier molecular flexibility index (Phi) is 9.37. The number of carbonyl (C=O) groups excluding carboxylic acids is 1. The monoisotopic (exact) mass is 570 g/mol. The van der Waals surface area contributed by atoms with Crippen LogP contribution in [-0.2, 0) is 18.1 Å². The molecule has 1 N–H and O–H groups in total. The Morgan fingerprint density at radius 2 is 1.77 bits per heavy atom. The molecule has 0 aliphatic heterocycles. The van der Waals surface area contributed by atoms with E-state index in [1.807, 2.05) is 6.07 Å². The third kappa shape index (κ3) is 9.13. The highest BCUT2D eigenvalue weighted by atomic mass is 31.2. The quantitative estimate of drug-likeness (QED) is 0.325. The Labute approximate surface area is 228 Å². The average molecular weight is 571 g/mol. The minimum Gasteiger partial charge on any atom is -0.347 e. The standard InChI is InChI=1S/C28H38F3N2O5P/c1-18(17-36-39(35,37-26(2,3)4)38-27(5,6)7)33-25(34)21-15-20-9-8-10-23(24(20)32-16-21)19-11-13-22(14-12-19)28(29,30)31/h8-11,15-16,18,22H,12-14,17H2,1-7H3,(H,33,34)/t18-,22?/m1/s1. The van der Waals surface area contributed by atoms with Crippen molar-refractivity contribution >= 4 is 30.2 Å². The van der Waals surface area contributed by atoms with Crippen LogP contribution in [0.1, 0.15) is 83.7 Å². The topological polar surface area (TPSA) is 86.8 Å². The minimum absolute atomic E-state index is 0.0423. The molecule has 0 bridgehead atoms. The van der Waals surface area contributed by atoms with E-state index in [-0.39, 0.29) is 19.4 Å². The molecule has 2 atom stereocenters. The first kappa shape index (κ1) is 31.3. The summed E-state index contributed by atoms with van der Waals surface area (Å²) < 4.78 is 69.2. The summed E-state index contributed by atoms with van der Waals surface area (Å²) >= 11 is 0. The molecule has 7 nitrogen and oxygen atoms in total. The van der Waals surface area contributed by atoms with E-state index in [2.05, 4.69) is 10.3 Å². The SMILES string of the molecule is C[C@H](COP(=O)(OC(C)(C)C)OC(C)(C)C)NC(=O)c1cnc2c(C3=CCC(C(F)(F)F)CC3)cccc2c1. The number of nitrogens with one attached hydrogen (secondary N) is 1. The van der Waals surface area contributed by atoms with Crippen LogP contribution in [0.25, 0.3) is 16.5 Å². The molecule has 2 aromatic rings. The highest BCUT2D eigenvalue weighted by Gasteiger charge is 2.40. The number of amides is 1. The third-order valence-corrected chi connectivity index (χ3v) is 7.83. The van der Waals surface area contributed by atoms with Crippen LogP contribution in [0.4, 0.5) is 13.2 Å². The second kappa shape index (κ2) is 11.7. The van der Waals surface area contributed by atoms with Gasteiger partial charge in [-0.15, -0.1) is 0 Å². The van der Waals surface area contributed by atoms with Gasteiger partial charge in [0.05, 0.1) is 40.8 Å². The number of alkyl halides is 3. The average Bonchev–Trinajstić information content (AvgIpc) is 2.79. The van der Waals surface area contributed by atoms with Crippen LogP contribution in [0.15, 0.2) is 36.5 Å². The lowest BCUT2D eigenvalue weighted by atomic mass is 9.85. The van der Waals surface area contributed by atoms with E-state index in [4.69, 9.17) is 13.6 Å².